The highest BCUT2D eigenvalue weighted by atomic mass is 15.0. The Kier molecular flexibility index (Phi) is 5.04. The molecule has 0 saturated heterocycles. The first-order valence-electron chi connectivity index (χ1n) is 13.6. The molecule has 0 fully saturated rings. The smallest absolute Gasteiger partial charge is 0.0887 e. The van der Waals surface area contributed by atoms with Gasteiger partial charge < -0.3 is 4.57 Å². The van der Waals surface area contributed by atoms with Gasteiger partial charge in [-0.15, -0.1) is 0 Å². The molecule has 0 unspecified atom stereocenters. The third-order valence-corrected chi connectivity index (χ3v) is 8.22. The monoisotopic (exact) mass is 511 g/mol. The molecule has 40 heavy (non-hydrogen) atoms. The van der Waals surface area contributed by atoms with E-state index in [1.807, 2.05) is 24.4 Å². The standard InChI is InChI=1S/C37H25N3/c1-3-11-27(12-4-1)37(28-13-5-2-6-14-28)31-16-8-7-15-30(31)35-32(37)20-18-26-22-24-40(36(26)35)29-19-21-34(39-25-29)33-17-9-10-23-38-33/h1-25H. The fraction of sp³-hybridized carbons (Fsp3) is 0.0270. The highest BCUT2D eigenvalue weighted by molar-refractivity contribution is 6.03. The number of fused-ring (bicyclic) bond motifs is 5. The van der Waals surface area contributed by atoms with Gasteiger partial charge in [0.25, 0.3) is 0 Å². The minimum Gasteiger partial charge on any atom is -0.314 e. The van der Waals surface area contributed by atoms with E-state index in [4.69, 9.17) is 4.98 Å². The van der Waals surface area contributed by atoms with E-state index in [0.717, 1.165) is 17.1 Å². The maximum absolute atomic E-state index is 4.79. The van der Waals surface area contributed by atoms with E-state index in [-0.39, 0.29) is 0 Å². The summed E-state index contributed by atoms with van der Waals surface area (Å²) in [6.07, 6.45) is 5.91. The SMILES string of the molecule is c1ccc(C2(c3ccccc3)c3ccccc3-c3c2ccc2ccn(-c4ccc(-c5ccccn5)nc4)c32)cc1. The van der Waals surface area contributed by atoms with E-state index >= 15 is 0 Å². The van der Waals surface area contributed by atoms with E-state index in [1.54, 1.807) is 6.20 Å². The van der Waals surface area contributed by atoms with Crippen LogP contribution in [0.25, 0.3) is 39.1 Å². The zero-order chi connectivity index (χ0) is 26.5. The van der Waals surface area contributed by atoms with Crippen LogP contribution in [0.5, 0.6) is 0 Å². The molecule has 0 atom stereocenters. The summed E-state index contributed by atoms with van der Waals surface area (Å²) >= 11 is 0. The number of nitrogens with zero attached hydrogens (tertiary/aromatic N) is 3. The van der Waals surface area contributed by atoms with Crippen LogP contribution >= 0.6 is 0 Å². The second-order valence-electron chi connectivity index (χ2n) is 10.3. The van der Waals surface area contributed by atoms with Crippen molar-refractivity contribution in [2.24, 2.45) is 0 Å². The Morgan fingerprint density at radius 2 is 1.23 bits per heavy atom. The molecule has 1 aliphatic carbocycles. The summed E-state index contributed by atoms with van der Waals surface area (Å²) in [6, 6.07) is 47.7. The molecule has 3 heterocycles. The van der Waals surface area contributed by atoms with Crippen LogP contribution in [0.15, 0.2) is 152 Å². The molecule has 0 saturated carbocycles. The second-order valence-corrected chi connectivity index (χ2v) is 10.3. The minimum atomic E-state index is -0.418. The molecule has 4 aromatic carbocycles. The summed E-state index contributed by atoms with van der Waals surface area (Å²) in [5.41, 5.74) is 11.2. The Bertz CT molecular complexity index is 1930. The molecule has 0 spiro atoms. The molecule has 3 aromatic heterocycles. The van der Waals surface area contributed by atoms with Crippen LogP contribution in [-0.4, -0.2) is 14.5 Å². The largest absolute Gasteiger partial charge is 0.314 e. The van der Waals surface area contributed by atoms with E-state index in [1.165, 1.54) is 44.3 Å². The van der Waals surface area contributed by atoms with Gasteiger partial charge in [-0.3, -0.25) is 9.97 Å². The molecule has 0 aliphatic heterocycles. The fourth-order valence-corrected chi connectivity index (χ4v) is 6.56. The first-order valence-corrected chi connectivity index (χ1v) is 13.6. The zero-order valence-electron chi connectivity index (χ0n) is 21.8. The van der Waals surface area contributed by atoms with E-state index in [9.17, 15) is 0 Å². The van der Waals surface area contributed by atoms with Crippen molar-refractivity contribution < 1.29 is 0 Å². The lowest BCUT2D eigenvalue weighted by Crippen LogP contribution is -2.28. The Hall–Kier alpha value is -5.28. The molecule has 0 radical (unpaired) electrons. The van der Waals surface area contributed by atoms with Gasteiger partial charge in [0, 0.05) is 23.3 Å². The Morgan fingerprint density at radius 1 is 0.525 bits per heavy atom. The fourth-order valence-electron chi connectivity index (χ4n) is 6.56. The lowest BCUT2D eigenvalue weighted by atomic mass is 9.67. The minimum absolute atomic E-state index is 0.418. The van der Waals surface area contributed by atoms with E-state index in [2.05, 4.69) is 131 Å². The van der Waals surface area contributed by atoms with Crippen molar-refractivity contribution in [3.63, 3.8) is 0 Å². The van der Waals surface area contributed by atoms with Gasteiger partial charge in [-0.25, -0.2) is 0 Å². The molecule has 0 N–H and O–H groups in total. The van der Waals surface area contributed by atoms with Crippen LogP contribution in [-0.2, 0) is 5.41 Å². The third kappa shape index (κ3) is 3.18. The number of hydrogen-bond acceptors (Lipinski definition) is 2. The van der Waals surface area contributed by atoms with Gasteiger partial charge in [0.05, 0.1) is 34.2 Å². The Morgan fingerprint density at radius 3 is 1.93 bits per heavy atom. The maximum atomic E-state index is 4.79. The molecule has 0 amide bonds. The lowest BCUT2D eigenvalue weighted by molar-refractivity contribution is 0.769. The summed E-state index contributed by atoms with van der Waals surface area (Å²) in [5, 5.41) is 1.21. The molecular weight excluding hydrogens is 486 g/mol. The number of aromatic nitrogens is 3. The molecule has 3 nitrogen and oxygen atoms in total. The second kappa shape index (κ2) is 8.89. The highest BCUT2D eigenvalue weighted by Crippen LogP contribution is 2.57. The summed E-state index contributed by atoms with van der Waals surface area (Å²) in [7, 11) is 0. The van der Waals surface area contributed by atoms with Crippen molar-refractivity contribution in [1.82, 2.24) is 14.5 Å². The number of pyridine rings is 2. The topological polar surface area (TPSA) is 30.7 Å². The normalized spacial score (nSPS) is 13.2. The van der Waals surface area contributed by atoms with Crippen molar-refractivity contribution in [2.75, 3.05) is 0 Å². The zero-order valence-corrected chi connectivity index (χ0v) is 21.8. The molecule has 1 aliphatic rings. The van der Waals surface area contributed by atoms with Crippen molar-refractivity contribution in [1.29, 1.82) is 0 Å². The summed E-state index contributed by atoms with van der Waals surface area (Å²) in [4.78, 5) is 9.26. The van der Waals surface area contributed by atoms with Crippen LogP contribution in [0.1, 0.15) is 22.3 Å². The highest BCUT2D eigenvalue weighted by Gasteiger charge is 2.46. The Balaban J connectivity index is 1.42. The van der Waals surface area contributed by atoms with Gasteiger partial charge in [0.15, 0.2) is 0 Å². The van der Waals surface area contributed by atoms with Crippen molar-refractivity contribution in [3.05, 3.63) is 174 Å². The van der Waals surface area contributed by atoms with Gasteiger partial charge in [-0.2, -0.15) is 0 Å². The lowest BCUT2D eigenvalue weighted by Gasteiger charge is -2.33. The maximum Gasteiger partial charge on any atom is 0.0887 e. The first kappa shape index (κ1) is 22.7. The van der Waals surface area contributed by atoms with Crippen molar-refractivity contribution in [3.8, 4) is 28.2 Å². The van der Waals surface area contributed by atoms with E-state index < -0.39 is 5.41 Å². The Labute approximate surface area is 233 Å². The first-order chi connectivity index (χ1) is 19.9. The summed E-state index contributed by atoms with van der Waals surface area (Å²) in [6.45, 7) is 0. The van der Waals surface area contributed by atoms with Gasteiger partial charge in [0.1, 0.15) is 0 Å². The molecular formula is C37H25N3. The van der Waals surface area contributed by atoms with Gasteiger partial charge in [-0.05, 0) is 58.1 Å². The summed E-state index contributed by atoms with van der Waals surface area (Å²) in [5.74, 6) is 0. The molecule has 3 heteroatoms. The van der Waals surface area contributed by atoms with Gasteiger partial charge >= 0.3 is 0 Å². The quantitative estimate of drug-likeness (QED) is 0.237. The number of rotatable bonds is 4. The average molecular weight is 512 g/mol. The van der Waals surface area contributed by atoms with Crippen LogP contribution in [0.4, 0.5) is 0 Å². The molecule has 8 rings (SSSR count). The predicted molar refractivity (Wildman–Crippen MR) is 162 cm³/mol. The third-order valence-electron chi connectivity index (χ3n) is 8.22. The van der Waals surface area contributed by atoms with Crippen LogP contribution in [0.3, 0.4) is 0 Å². The molecule has 0 bridgehead atoms. The molecule has 7 aromatic rings. The van der Waals surface area contributed by atoms with Crippen LogP contribution in [0, 0.1) is 0 Å². The molecule has 188 valence electrons. The number of hydrogen-bond donors (Lipinski definition) is 0. The number of benzene rings is 4. The summed E-state index contributed by atoms with van der Waals surface area (Å²) < 4.78 is 2.28. The van der Waals surface area contributed by atoms with Gasteiger partial charge in [0.2, 0.25) is 0 Å². The van der Waals surface area contributed by atoms with Crippen molar-refractivity contribution in [2.45, 2.75) is 5.41 Å². The van der Waals surface area contributed by atoms with Crippen molar-refractivity contribution >= 4 is 10.9 Å². The van der Waals surface area contributed by atoms with Gasteiger partial charge in [-0.1, -0.05) is 103 Å². The average Bonchev–Trinajstić information content (AvgIpc) is 3.60. The predicted octanol–water partition coefficient (Wildman–Crippen LogP) is 8.45. The van der Waals surface area contributed by atoms with E-state index in [0.29, 0.717) is 0 Å². The van der Waals surface area contributed by atoms with Crippen LogP contribution < -0.4 is 0 Å². The van der Waals surface area contributed by atoms with Crippen LogP contribution in [0.2, 0.25) is 0 Å².